The predicted molar refractivity (Wildman–Crippen MR) is 48.6 cm³/mol. The predicted octanol–water partition coefficient (Wildman–Crippen LogP) is 1.60. The molecule has 1 aromatic rings. The molecule has 4 nitrogen and oxygen atoms in total. The molecule has 0 aliphatic rings. The summed E-state index contributed by atoms with van der Waals surface area (Å²) in [6.07, 6.45) is 0. The minimum absolute atomic E-state index is 0.255. The fourth-order valence-electron chi connectivity index (χ4n) is 0.952. The van der Waals surface area contributed by atoms with Gasteiger partial charge >= 0.3 is 0 Å². The van der Waals surface area contributed by atoms with E-state index < -0.39 is 0 Å². The Morgan fingerprint density at radius 3 is 2.69 bits per heavy atom. The second-order valence-electron chi connectivity index (χ2n) is 2.30. The van der Waals surface area contributed by atoms with E-state index in [0.29, 0.717) is 15.9 Å². The standard InChI is InChI=1S/C8H6BrN3O/c1-13-5-12-7(4-11)2-6(3-10)8(12)9/h2H,5H2,1H3. The van der Waals surface area contributed by atoms with E-state index in [4.69, 9.17) is 15.3 Å². The number of hydrogen-bond acceptors (Lipinski definition) is 3. The minimum Gasteiger partial charge on any atom is -0.364 e. The topological polar surface area (TPSA) is 61.7 Å². The van der Waals surface area contributed by atoms with Crippen LogP contribution < -0.4 is 0 Å². The third-order valence-electron chi connectivity index (χ3n) is 1.52. The molecule has 0 N–H and O–H groups in total. The largest absolute Gasteiger partial charge is 0.364 e. The van der Waals surface area contributed by atoms with E-state index in [1.165, 1.54) is 13.2 Å². The maximum Gasteiger partial charge on any atom is 0.124 e. The van der Waals surface area contributed by atoms with Crippen molar-refractivity contribution in [2.75, 3.05) is 7.11 Å². The number of hydrogen-bond donors (Lipinski definition) is 0. The number of rotatable bonds is 2. The van der Waals surface area contributed by atoms with E-state index in [1.807, 2.05) is 12.1 Å². The van der Waals surface area contributed by atoms with Crippen molar-refractivity contribution in [1.29, 1.82) is 10.5 Å². The monoisotopic (exact) mass is 239 g/mol. The van der Waals surface area contributed by atoms with Gasteiger partial charge in [0.1, 0.15) is 29.2 Å². The Hall–Kier alpha value is -1.30. The summed E-state index contributed by atoms with van der Waals surface area (Å²) in [4.78, 5) is 0. The summed E-state index contributed by atoms with van der Waals surface area (Å²) in [6.45, 7) is 0.255. The molecular weight excluding hydrogens is 234 g/mol. The van der Waals surface area contributed by atoms with Crippen LogP contribution in [0.3, 0.4) is 0 Å². The van der Waals surface area contributed by atoms with Crippen LogP contribution >= 0.6 is 15.9 Å². The highest BCUT2D eigenvalue weighted by Gasteiger charge is 2.11. The van der Waals surface area contributed by atoms with Crippen molar-refractivity contribution in [3.63, 3.8) is 0 Å². The molecule has 0 radical (unpaired) electrons. The Balaban J connectivity index is 3.24. The van der Waals surface area contributed by atoms with Crippen LogP contribution in [0.15, 0.2) is 10.7 Å². The van der Waals surface area contributed by atoms with E-state index in [2.05, 4.69) is 15.9 Å². The van der Waals surface area contributed by atoms with Gasteiger partial charge in [-0.3, -0.25) is 0 Å². The van der Waals surface area contributed by atoms with Gasteiger partial charge in [-0.2, -0.15) is 10.5 Å². The Morgan fingerprint density at radius 1 is 1.54 bits per heavy atom. The van der Waals surface area contributed by atoms with Crippen LogP contribution in [0.2, 0.25) is 0 Å². The molecule has 0 unspecified atom stereocenters. The molecule has 5 heteroatoms. The summed E-state index contributed by atoms with van der Waals surface area (Å²) in [5.41, 5.74) is 0.846. The quantitative estimate of drug-likeness (QED) is 0.788. The van der Waals surface area contributed by atoms with Crippen molar-refractivity contribution in [3.05, 3.63) is 21.9 Å². The van der Waals surface area contributed by atoms with Crippen LogP contribution in [0.25, 0.3) is 0 Å². The Labute approximate surface area is 84.1 Å². The van der Waals surface area contributed by atoms with Crippen LogP contribution in [0.5, 0.6) is 0 Å². The Kier molecular flexibility index (Phi) is 3.07. The average molecular weight is 240 g/mol. The first-order valence-corrected chi connectivity index (χ1v) is 4.22. The zero-order valence-electron chi connectivity index (χ0n) is 6.91. The summed E-state index contributed by atoms with van der Waals surface area (Å²) in [6, 6.07) is 5.47. The lowest BCUT2D eigenvalue weighted by Crippen LogP contribution is -2.02. The van der Waals surface area contributed by atoms with Gasteiger partial charge in [-0.05, 0) is 22.0 Å². The fourth-order valence-corrected chi connectivity index (χ4v) is 1.45. The normalized spacial score (nSPS) is 9.23. The van der Waals surface area contributed by atoms with Crippen LogP contribution in [0.1, 0.15) is 11.3 Å². The molecule has 1 heterocycles. The molecule has 0 aromatic carbocycles. The van der Waals surface area contributed by atoms with E-state index in [-0.39, 0.29) is 6.73 Å². The molecule has 0 saturated carbocycles. The lowest BCUT2D eigenvalue weighted by atomic mass is 10.3. The van der Waals surface area contributed by atoms with Gasteiger partial charge in [0.15, 0.2) is 0 Å². The van der Waals surface area contributed by atoms with Gasteiger partial charge in [0.25, 0.3) is 0 Å². The summed E-state index contributed by atoms with van der Waals surface area (Å²) in [7, 11) is 1.53. The van der Waals surface area contributed by atoms with E-state index in [9.17, 15) is 0 Å². The molecule has 0 amide bonds. The molecule has 13 heavy (non-hydrogen) atoms. The van der Waals surface area contributed by atoms with Gasteiger partial charge in [0.2, 0.25) is 0 Å². The van der Waals surface area contributed by atoms with Crippen LogP contribution in [0, 0.1) is 22.7 Å². The molecule has 0 atom stereocenters. The summed E-state index contributed by atoms with van der Waals surface area (Å²) in [5.74, 6) is 0. The number of nitrogens with zero attached hydrogens (tertiary/aromatic N) is 3. The van der Waals surface area contributed by atoms with E-state index >= 15 is 0 Å². The molecule has 0 fully saturated rings. The number of halogens is 1. The number of nitriles is 2. The van der Waals surface area contributed by atoms with Crippen LogP contribution in [0.4, 0.5) is 0 Å². The van der Waals surface area contributed by atoms with Gasteiger partial charge in [-0.1, -0.05) is 0 Å². The van der Waals surface area contributed by atoms with Gasteiger partial charge in [-0.15, -0.1) is 0 Å². The fraction of sp³-hybridized carbons (Fsp3) is 0.250. The van der Waals surface area contributed by atoms with Crippen molar-refractivity contribution >= 4 is 15.9 Å². The molecule has 0 aliphatic carbocycles. The van der Waals surface area contributed by atoms with Crippen molar-refractivity contribution in [2.24, 2.45) is 0 Å². The highest BCUT2D eigenvalue weighted by atomic mass is 79.9. The molecule has 0 saturated heterocycles. The van der Waals surface area contributed by atoms with Crippen molar-refractivity contribution in [1.82, 2.24) is 4.57 Å². The Morgan fingerprint density at radius 2 is 2.23 bits per heavy atom. The highest BCUT2D eigenvalue weighted by molar-refractivity contribution is 9.10. The van der Waals surface area contributed by atoms with Crippen molar-refractivity contribution < 1.29 is 4.74 Å². The first-order chi connectivity index (χ1) is 6.24. The molecule has 1 rings (SSSR count). The summed E-state index contributed by atoms with van der Waals surface area (Å²) >= 11 is 3.21. The first kappa shape index (κ1) is 9.79. The molecule has 1 aromatic heterocycles. The highest BCUT2D eigenvalue weighted by Crippen LogP contribution is 2.20. The smallest absolute Gasteiger partial charge is 0.124 e. The summed E-state index contributed by atoms with van der Waals surface area (Å²) < 4.78 is 7.04. The maximum atomic E-state index is 8.72. The average Bonchev–Trinajstić information content (AvgIpc) is 2.45. The summed E-state index contributed by atoms with van der Waals surface area (Å²) in [5, 5.41) is 17.4. The van der Waals surface area contributed by atoms with Gasteiger partial charge in [-0.25, -0.2) is 0 Å². The van der Waals surface area contributed by atoms with Crippen molar-refractivity contribution in [2.45, 2.75) is 6.73 Å². The number of ether oxygens (including phenoxy) is 1. The molecule has 0 spiro atoms. The van der Waals surface area contributed by atoms with E-state index in [0.717, 1.165) is 0 Å². The second-order valence-corrected chi connectivity index (χ2v) is 3.05. The van der Waals surface area contributed by atoms with Gasteiger partial charge < -0.3 is 9.30 Å². The first-order valence-electron chi connectivity index (χ1n) is 3.42. The molecule has 66 valence electrons. The zero-order valence-corrected chi connectivity index (χ0v) is 8.50. The lowest BCUT2D eigenvalue weighted by Gasteiger charge is -2.03. The van der Waals surface area contributed by atoms with Gasteiger partial charge in [0.05, 0.1) is 5.56 Å². The lowest BCUT2D eigenvalue weighted by molar-refractivity contribution is 0.129. The minimum atomic E-state index is 0.255. The SMILES string of the molecule is COCn1c(C#N)cc(C#N)c1Br. The second kappa shape index (κ2) is 4.08. The third kappa shape index (κ3) is 1.72. The zero-order chi connectivity index (χ0) is 9.84. The Bertz CT molecular complexity index is 397. The van der Waals surface area contributed by atoms with Crippen LogP contribution in [-0.4, -0.2) is 11.7 Å². The number of aromatic nitrogens is 1. The maximum absolute atomic E-state index is 8.72. The molecule has 0 bridgehead atoms. The van der Waals surface area contributed by atoms with E-state index in [1.54, 1.807) is 4.57 Å². The number of methoxy groups -OCH3 is 1. The van der Waals surface area contributed by atoms with Crippen molar-refractivity contribution in [3.8, 4) is 12.1 Å². The van der Waals surface area contributed by atoms with Gasteiger partial charge in [0, 0.05) is 7.11 Å². The third-order valence-corrected chi connectivity index (χ3v) is 2.38. The molecular formula is C8H6BrN3O. The molecule has 0 aliphatic heterocycles. The van der Waals surface area contributed by atoms with Crippen LogP contribution in [-0.2, 0) is 11.5 Å².